The van der Waals surface area contributed by atoms with Crippen molar-refractivity contribution in [1.82, 2.24) is 14.7 Å². The summed E-state index contributed by atoms with van der Waals surface area (Å²) in [5.41, 5.74) is 2.60. The second kappa shape index (κ2) is 12.8. The van der Waals surface area contributed by atoms with Gasteiger partial charge in [0.05, 0.1) is 18.8 Å². The fraction of sp³-hybridized carbons (Fsp3) is 0.391. The monoisotopic (exact) mass is 417 g/mol. The van der Waals surface area contributed by atoms with E-state index >= 15 is 0 Å². The molecule has 1 aliphatic rings. The van der Waals surface area contributed by atoms with E-state index in [4.69, 9.17) is 16.3 Å². The Labute approximate surface area is 179 Å². The molecule has 0 saturated carbocycles. The van der Waals surface area contributed by atoms with Crippen molar-refractivity contribution in [2.75, 3.05) is 13.2 Å². The van der Waals surface area contributed by atoms with Crippen LogP contribution in [0, 0.1) is 0 Å². The number of hydrogen-bond donors (Lipinski definition) is 0. The molecule has 0 aliphatic carbocycles. The normalized spacial score (nSPS) is 12.6. The Balaban J connectivity index is 0.000000989. The number of amides is 1. The molecule has 1 amide bonds. The highest BCUT2D eigenvalue weighted by Crippen LogP contribution is 2.20. The molecule has 2 heterocycles. The number of benzene rings is 1. The van der Waals surface area contributed by atoms with Crippen molar-refractivity contribution in [2.24, 2.45) is 0 Å². The van der Waals surface area contributed by atoms with Gasteiger partial charge < -0.3 is 9.64 Å². The number of aromatic nitrogens is 2. The van der Waals surface area contributed by atoms with Crippen molar-refractivity contribution < 1.29 is 9.53 Å². The minimum absolute atomic E-state index is 0.00514. The highest BCUT2D eigenvalue weighted by atomic mass is 35.5. The SMILES string of the molecule is C=C/C(=C\C)COc1cc2n(n1)CCN(C(=O)c1ccc(Cl)cc1)C2.CC.CC. The van der Waals surface area contributed by atoms with Crippen molar-refractivity contribution in [3.63, 3.8) is 0 Å². The largest absolute Gasteiger partial charge is 0.472 e. The molecule has 1 aliphatic heterocycles. The van der Waals surface area contributed by atoms with Crippen LogP contribution in [0.15, 0.2) is 54.6 Å². The summed E-state index contributed by atoms with van der Waals surface area (Å²) in [4.78, 5) is 14.4. The van der Waals surface area contributed by atoms with Gasteiger partial charge in [0.15, 0.2) is 0 Å². The molecule has 0 unspecified atom stereocenters. The zero-order valence-corrected chi connectivity index (χ0v) is 18.9. The third-order valence-electron chi connectivity index (χ3n) is 4.17. The molecule has 0 radical (unpaired) electrons. The molecule has 0 atom stereocenters. The minimum Gasteiger partial charge on any atom is -0.472 e. The van der Waals surface area contributed by atoms with Crippen LogP contribution < -0.4 is 4.74 Å². The molecule has 6 heteroatoms. The maximum Gasteiger partial charge on any atom is 0.254 e. The van der Waals surface area contributed by atoms with Gasteiger partial charge in [-0.1, -0.05) is 58.0 Å². The van der Waals surface area contributed by atoms with E-state index in [-0.39, 0.29) is 5.91 Å². The van der Waals surface area contributed by atoms with E-state index in [0.29, 0.717) is 42.7 Å². The maximum absolute atomic E-state index is 12.6. The van der Waals surface area contributed by atoms with Gasteiger partial charge in [0.25, 0.3) is 5.91 Å². The molecule has 1 aromatic heterocycles. The average molecular weight is 418 g/mol. The Morgan fingerprint density at radius 1 is 1.21 bits per heavy atom. The number of allylic oxidation sites excluding steroid dienone is 1. The highest BCUT2D eigenvalue weighted by molar-refractivity contribution is 6.30. The smallest absolute Gasteiger partial charge is 0.254 e. The van der Waals surface area contributed by atoms with Gasteiger partial charge in [-0.15, -0.1) is 5.10 Å². The number of ether oxygens (including phenoxy) is 1. The molecule has 158 valence electrons. The number of fused-ring (bicyclic) bond motifs is 1. The zero-order valence-electron chi connectivity index (χ0n) is 18.1. The van der Waals surface area contributed by atoms with Crippen LogP contribution in [-0.4, -0.2) is 33.7 Å². The number of hydrogen-bond acceptors (Lipinski definition) is 3. The number of nitrogens with zero attached hydrogens (tertiary/aromatic N) is 3. The predicted octanol–water partition coefficient (Wildman–Crippen LogP) is 5.76. The molecule has 0 spiro atoms. The molecular formula is C23H32ClN3O2. The van der Waals surface area contributed by atoms with Gasteiger partial charge in [0.1, 0.15) is 6.61 Å². The second-order valence-corrected chi connectivity index (χ2v) is 6.22. The lowest BCUT2D eigenvalue weighted by atomic mass is 10.2. The Bertz CT molecular complexity index is 810. The summed E-state index contributed by atoms with van der Waals surface area (Å²) in [6.45, 7) is 15.9. The standard InChI is InChI=1S/C19H20ClN3O2.2C2H6/c1-3-14(4-2)13-25-18-11-17-12-22(9-10-23(17)21-18)19(24)15-5-7-16(20)8-6-15;2*1-2/h3-8,11H,1,9-10,12-13H2,2H3;2*1-2H3/b14-4+;;. The molecule has 5 nitrogen and oxygen atoms in total. The molecular weight excluding hydrogens is 386 g/mol. The number of halogens is 1. The van der Waals surface area contributed by atoms with Gasteiger partial charge in [-0.05, 0) is 36.8 Å². The zero-order chi connectivity index (χ0) is 21.8. The molecule has 29 heavy (non-hydrogen) atoms. The van der Waals surface area contributed by atoms with Crippen molar-refractivity contribution in [3.05, 3.63) is 70.9 Å². The van der Waals surface area contributed by atoms with Gasteiger partial charge in [0.2, 0.25) is 5.88 Å². The van der Waals surface area contributed by atoms with Crippen molar-refractivity contribution in [3.8, 4) is 5.88 Å². The predicted molar refractivity (Wildman–Crippen MR) is 121 cm³/mol. The molecule has 2 aromatic rings. The summed E-state index contributed by atoms with van der Waals surface area (Å²) < 4.78 is 7.60. The van der Waals surface area contributed by atoms with E-state index in [9.17, 15) is 4.79 Å². The van der Waals surface area contributed by atoms with E-state index in [1.54, 1.807) is 30.3 Å². The van der Waals surface area contributed by atoms with Crippen molar-refractivity contribution in [2.45, 2.75) is 47.7 Å². The number of carbonyl (C=O) groups excluding carboxylic acids is 1. The van der Waals surface area contributed by atoms with Crippen molar-refractivity contribution >= 4 is 17.5 Å². The summed E-state index contributed by atoms with van der Waals surface area (Å²) in [7, 11) is 0. The summed E-state index contributed by atoms with van der Waals surface area (Å²) in [6, 6.07) is 8.84. The van der Waals surface area contributed by atoms with Gasteiger partial charge in [0, 0.05) is 23.2 Å². The van der Waals surface area contributed by atoms with Gasteiger partial charge >= 0.3 is 0 Å². The minimum atomic E-state index is -0.00514. The molecule has 3 rings (SSSR count). The molecule has 0 saturated heterocycles. The lowest BCUT2D eigenvalue weighted by molar-refractivity contribution is 0.0706. The lowest BCUT2D eigenvalue weighted by Crippen LogP contribution is -2.38. The van der Waals surface area contributed by atoms with Crippen LogP contribution in [0.4, 0.5) is 0 Å². The van der Waals surface area contributed by atoms with Crippen LogP contribution in [0.5, 0.6) is 5.88 Å². The van der Waals surface area contributed by atoms with Crippen LogP contribution in [0.1, 0.15) is 50.7 Å². The summed E-state index contributed by atoms with van der Waals surface area (Å²) in [5.74, 6) is 0.562. The molecule has 1 aromatic carbocycles. The fourth-order valence-electron chi connectivity index (χ4n) is 2.68. The van der Waals surface area contributed by atoms with Crippen LogP contribution in [0.3, 0.4) is 0 Å². The first-order valence-electron chi connectivity index (χ1n) is 10.1. The van der Waals surface area contributed by atoms with E-state index < -0.39 is 0 Å². The first-order valence-corrected chi connectivity index (χ1v) is 10.5. The molecule has 0 N–H and O–H groups in total. The van der Waals surface area contributed by atoms with Crippen LogP contribution in [0.25, 0.3) is 0 Å². The van der Waals surface area contributed by atoms with Crippen LogP contribution in [-0.2, 0) is 13.1 Å². The first kappa shape index (κ1) is 24.5. The highest BCUT2D eigenvalue weighted by Gasteiger charge is 2.23. The second-order valence-electron chi connectivity index (χ2n) is 5.79. The number of rotatable bonds is 5. The summed E-state index contributed by atoms with van der Waals surface area (Å²) in [6.07, 6.45) is 3.72. The van der Waals surface area contributed by atoms with E-state index in [0.717, 1.165) is 11.3 Å². The third-order valence-corrected chi connectivity index (χ3v) is 4.43. The fourth-order valence-corrected chi connectivity index (χ4v) is 2.80. The Kier molecular flexibility index (Phi) is 10.8. The Morgan fingerprint density at radius 3 is 2.45 bits per heavy atom. The summed E-state index contributed by atoms with van der Waals surface area (Å²) in [5, 5.41) is 5.07. The number of carbonyl (C=O) groups is 1. The van der Waals surface area contributed by atoms with Gasteiger partial charge in [-0.2, -0.15) is 0 Å². The third kappa shape index (κ3) is 6.79. The van der Waals surface area contributed by atoms with E-state index in [1.807, 2.05) is 56.3 Å². The quantitative estimate of drug-likeness (QED) is 0.581. The maximum atomic E-state index is 12.6. The first-order chi connectivity index (χ1) is 14.1. The molecule has 0 fully saturated rings. The van der Waals surface area contributed by atoms with Crippen molar-refractivity contribution in [1.29, 1.82) is 0 Å². The van der Waals surface area contributed by atoms with E-state index in [2.05, 4.69) is 11.7 Å². The lowest BCUT2D eigenvalue weighted by Gasteiger charge is -2.27. The average Bonchev–Trinajstić information content (AvgIpc) is 3.19. The topological polar surface area (TPSA) is 47.4 Å². The molecule has 0 bridgehead atoms. The summed E-state index contributed by atoms with van der Waals surface area (Å²) >= 11 is 5.88. The Morgan fingerprint density at radius 2 is 1.86 bits per heavy atom. The Hall–Kier alpha value is -2.53. The van der Waals surface area contributed by atoms with Crippen LogP contribution in [0.2, 0.25) is 5.02 Å². The van der Waals surface area contributed by atoms with Crippen LogP contribution >= 0.6 is 11.6 Å². The van der Waals surface area contributed by atoms with Gasteiger partial charge in [-0.3, -0.25) is 9.48 Å². The van der Waals surface area contributed by atoms with Gasteiger partial charge in [-0.25, -0.2) is 0 Å². The van der Waals surface area contributed by atoms with E-state index in [1.165, 1.54) is 0 Å².